The molecule has 0 aromatic carbocycles. The van der Waals surface area contributed by atoms with E-state index in [0.717, 1.165) is 6.08 Å². The largest absolute Gasteiger partial charge is 0.457 e. The molecule has 1 heterocycles. The predicted molar refractivity (Wildman–Crippen MR) is 129 cm³/mol. The number of halogens is 3. The molecule has 200 valence electrons. The van der Waals surface area contributed by atoms with Crippen LogP contribution >= 0.6 is 11.8 Å². The first kappa shape index (κ1) is 26.3. The fourth-order valence-electron chi connectivity index (χ4n) is 7.97. The Balaban J connectivity index is 1.64. The number of aliphatic hydroxyl groups is 1. The van der Waals surface area contributed by atoms with Crippen molar-refractivity contribution in [2.45, 2.75) is 63.6 Å². The fraction of sp³-hybridized carbons (Fsp3) is 0.593. The maximum absolute atomic E-state index is 17.4. The van der Waals surface area contributed by atoms with Crippen molar-refractivity contribution in [3.8, 4) is 0 Å². The number of esters is 1. The first-order valence-electron chi connectivity index (χ1n) is 12.3. The molecule has 5 rings (SSSR count). The Morgan fingerprint density at radius 3 is 2.65 bits per heavy atom. The van der Waals surface area contributed by atoms with E-state index in [0.29, 0.717) is 11.8 Å². The molecule has 0 radical (unpaired) electrons. The summed E-state index contributed by atoms with van der Waals surface area (Å²) in [6, 6.07) is 1.78. The van der Waals surface area contributed by atoms with E-state index in [1.54, 1.807) is 13.8 Å². The van der Waals surface area contributed by atoms with Crippen LogP contribution in [0.5, 0.6) is 0 Å². The summed E-state index contributed by atoms with van der Waals surface area (Å²) in [7, 11) is 0. The second-order valence-electron chi connectivity index (χ2n) is 11.1. The number of aliphatic hydroxyl groups excluding tert-OH is 1. The molecule has 0 saturated heterocycles. The number of ether oxygens (including phenoxy) is 1. The van der Waals surface area contributed by atoms with Gasteiger partial charge in [0.1, 0.15) is 12.2 Å². The molecule has 0 aliphatic heterocycles. The summed E-state index contributed by atoms with van der Waals surface area (Å²) in [5, 5.41) is 10.7. The zero-order valence-electron chi connectivity index (χ0n) is 20.7. The molecule has 1 aromatic heterocycles. The first-order chi connectivity index (χ1) is 17.4. The Hall–Kier alpha value is -2.33. The highest BCUT2D eigenvalue weighted by atomic mass is 32.2. The Kier molecular flexibility index (Phi) is 6.10. The van der Waals surface area contributed by atoms with Crippen molar-refractivity contribution in [3.05, 3.63) is 48.0 Å². The van der Waals surface area contributed by atoms with Crippen LogP contribution in [0.4, 0.5) is 13.2 Å². The number of carbonyl (C=O) groups excluding carboxylic acids is 3. The van der Waals surface area contributed by atoms with Gasteiger partial charge in [0.25, 0.3) is 0 Å². The van der Waals surface area contributed by atoms with Crippen LogP contribution < -0.4 is 0 Å². The summed E-state index contributed by atoms with van der Waals surface area (Å²) < 4.78 is 57.5. The Morgan fingerprint density at radius 1 is 1.27 bits per heavy atom. The second-order valence-corrected chi connectivity index (χ2v) is 12.0. The van der Waals surface area contributed by atoms with Crippen molar-refractivity contribution in [3.63, 3.8) is 0 Å². The number of furan rings is 1. The van der Waals surface area contributed by atoms with Crippen LogP contribution in [-0.2, 0) is 14.3 Å². The number of carbonyl (C=O) groups is 3. The maximum Gasteiger partial charge on any atom is 0.375 e. The SMILES string of the molecule is C[C@@H]1C[C@H]2[C@@H]3C[C@H](F)C4=CC(=O)C=C[C@]4(C)[C@@]3(F)[C@@H](O)C[C@]2(C)[C@]1(OC(=O)c1ccco1)C(=O)SCF. The van der Waals surface area contributed by atoms with Gasteiger partial charge in [-0.15, -0.1) is 0 Å². The molecule has 4 aliphatic carbocycles. The van der Waals surface area contributed by atoms with E-state index in [9.17, 15) is 23.9 Å². The lowest BCUT2D eigenvalue weighted by molar-refractivity contribution is -0.221. The number of hydrogen-bond acceptors (Lipinski definition) is 7. The third kappa shape index (κ3) is 3.27. The van der Waals surface area contributed by atoms with E-state index in [1.165, 1.54) is 37.5 Å². The molecule has 0 unspecified atom stereocenters. The molecule has 3 fully saturated rings. The van der Waals surface area contributed by atoms with E-state index in [-0.39, 0.29) is 30.6 Å². The van der Waals surface area contributed by atoms with Crippen LogP contribution in [0, 0.1) is 28.6 Å². The lowest BCUT2D eigenvalue weighted by Crippen LogP contribution is -2.70. The normalized spacial score (nSPS) is 44.5. The monoisotopic (exact) mass is 538 g/mol. The van der Waals surface area contributed by atoms with Gasteiger partial charge in [0.2, 0.25) is 10.9 Å². The number of ketones is 1. The van der Waals surface area contributed by atoms with Gasteiger partial charge in [0.05, 0.1) is 12.4 Å². The zero-order chi connectivity index (χ0) is 27.0. The van der Waals surface area contributed by atoms with Crippen LogP contribution in [0.25, 0.3) is 0 Å². The number of allylic oxidation sites excluding steroid dienone is 4. The minimum absolute atomic E-state index is 0.00739. The molecule has 0 spiro atoms. The second kappa shape index (κ2) is 8.59. The van der Waals surface area contributed by atoms with Gasteiger partial charge >= 0.3 is 5.97 Å². The third-order valence-electron chi connectivity index (χ3n) is 9.63. The molecular formula is C27H29F3O6S. The summed E-state index contributed by atoms with van der Waals surface area (Å²) >= 11 is 0.352. The van der Waals surface area contributed by atoms with Gasteiger partial charge in [0.15, 0.2) is 17.1 Å². The van der Waals surface area contributed by atoms with E-state index in [2.05, 4.69) is 0 Å². The molecule has 4 aliphatic rings. The van der Waals surface area contributed by atoms with Crippen LogP contribution in [0.3, 0.4) is 0 Å². The van der Waals surface area contributed by atoms with Crippen LogP contribution in [0.1, 0.15) is 50.6 Å². The molecule has 3 saturated carbocycles. The minimum Gasteiger partial charge on any atom is -0.457 e. The molecule has 0 amide bonds. The molecule has 1 N–H and O–H groups in total. The lowest BCUT2D eigenvalue weighted by Gasteiger charge is -2.63. The molecular weight excluding hydrogens is 509 g/mol. The molecule has 1 aromatic rings. The lowest BCUT2D eigenvalue weighted by atomic mass is 9.44. The highest BCUT2D eigenvalue weighted by Crippen LogP contribution is 2.72. The number of rotatable bonds is 4. The topological polar surface area (TPSA) is 93.8 Å². The highest BCUT2D eigenvalue weighted by molar-refractivity contribution is 8.13. The number of alkyl halides is 3. The third-order valence-corrected chi connectivity index (χ3v) is 10.3. The van der Waals surface area contributed by atoms with Crippen molar-refractivity contribution >= 4 is 28.6 Å². The van der Waals surface area contributed by atoms with Gasteiger partial charge in [0, 0.05) is 22.7 Å². The molecule has 37 heavy (non-hydrogen) atoms. The van der Waals surface area contributed by atoms with E-state index < -0.39 is 75.0 Å². The van der Waals surface area contributed by atoms with Gasteiger partial charge in [-0.05, 0) is 73.7 Å². The van der Waals surface area contributed by atoms with Gasteiger partial charge in [-0.2, -0.15) is 0 Å². The van der Waals surface area contributed by atoms with Crippen molar-refractivity contribution < 1.29 is 41.8 Å². The van der Waals surface area contributed by atoms with Crippen molar-refractivity contribution in [1.82, 2.24) is 0 Å². The Labute approximate surface area is 216 Å². The summed E-state index contributed by atoms with van der Waals surface area (Å²) in [6.45, 7) is 4.79. The average molecular weight is 539 g/mol. The molecule has 6 nitrogen and oxygen atoms in total. The molecule has 10 heteroatoms. The average Bonchev–Trinajstić information content (AvgIpc) is 3.45. The summed E-state index contributed by atoms with van der Waals surface area (Å²) in [5.74, 6) is -3.98. The summed E-state index contributed by atoms with van der Waals surface area (Å²) in [6.07, 6.45) is 1.16. The predicted octanol–water partition coefficient (Wildman–Crippen LogP) is 4.93. The van der Waals surface area contributed by atoms with Gasteiger partial charge in [-0.3, -0.25) is 9.59 Å². The molecule has 9 atom stereocenters. The highest BCUT2D eigenvalue weighted by Gasteiger charge is 2.78. The van der Waals surface area contributed by atoms with Crippen molar-refractivity contribution in [1.29, 1.82) is 0 Å². The van der Waals surface area contributed by atoms with Gasteiger partial charge < -0.3 is 14.3 Å². The van der Waals surface area contributed by atoms with E-state index in [4.69, 9.17) is 9.15 Å². The Morgan fingerprint density at radius 2 is 2.00 bits per heavy atom. The van der Waals surface area contributed by atoms with Crippen molar-refractivity contribution in [2.24, 2.45) is 28.6 Å². The van der Waals surface area contributed by atoms with E-state index in [1.807, 2.05) is 0 Å². The Bertz CT molecular complexity index is 1200. The van der Waals surface area contributed by atoms with Crippen LogP contribution in [-0.4, -0.2) is 51.5 Å². The summed E-state index contributed by atoms with van der Waals surface area (Å²) in [4.78, 5) is 38.7. The minimum atomic E-state index is -2.35. The number of thioether (sulfide) groups is 1. The summed E-state index contributed by atoms with van der Waals surface area (Å²) in [5.41, 5.74) is -7.19. The van der Waals surface area contributed by atoms with Crippen LogP contribution in [0.15, 0.2) is 46.6 Å². The standard InChI is InChI=1S/C27H29F3O6S/c1-14-9-16-17-11-19(29)18-10-15(31)6-7-24(18,2)26(17,30)21(32)12-25(16,3)27(14,23(34)37-13-28)36-22(33)20-5-4-8-35-20/h4-8,10,14,16-17,19,21,32H,9,11-13H2,1-3H3/t14-,16+,17+,19+,21+,24+,25+,26+,27-/m1/s1. The quantitative estimate of drug-likeness (QED) is 0.544. The number of hydrogen-bond donors (Lipinski definition) is 1. The van der Waals surface area contributed by atoms with Crippen molar-refractivity contribution in [2.75, 3.05) is 6.01 Å². The maximum atomic E-state index is 17.4. The zero-order valence-corrected chi connectivity index (χ0v) is 21.5. The first-order valence-corrected chi connectivity index (χ1v) is 13.3. The molecule has 0 bridgehead atoms. The van der Waals surface area contributed by atoms with Gasteiger partial charge in [-0.25, -0.2) is 18.0 Å². The smallest absolute Gasteiger partial charge is 0.375 e. The van der Waals surface area contributed by atoms with E-state index >= 15 is 8.78 Å². The van der Waals surface area contributed by atoms with Gasteiger partial charge in [-0.1, -0.05) is 19.9 Å². The van der Waals surface area contributed by atoms with Crippen LogP contribution in [0.2, 0.25) is 0 Å². The number of fused-ring (bicyclic) bond motifs is 5. The fourth-order valence-corrected chi connectivity index (χ4v) is 8.76.